The maximum absolute atomic E-state index is 13.7. The van der Waals surface area contributed by atoms with Gasteiger partial charge in [0.1, 0.15) is 5.82 Å². The normalized spacial score (nSPS) is 25.8. The molecular weight excluding hydrogens is 277 g/mol. The van der Waals surface area contributed by atoms with Crippen molar-refractivity contribution in [3.05, 3.63) is 35.6 Å². The molecular formula is C16H25ClFNO. The summed E-state index contributed by atoms with van der Waals surface area (Å²) in [6, 6.07) is 6.80. The summed E-state index contributed by atoms with van der Waals surface area (Å²) in [5.74, 6) is 0.0868. The monoisotopic (exact) mass is 301 g/mol. The average Bonchev–Trinajstić information content (AvgIpc) is 2.71. The molecule has 0 saturated heterocycles. The van der Waals surface area contributed by atoms with E-state index >= 15 is 0 Å². The first-order valence-corrected chi connectivity index (χ1v) is 7.12. The van der Waals surface area contributed by atoms with E-state index in [-0.39, 0.29) is 24.1 Å². The molecule has 0 radical (unpaired) electrons. The van der Waals surface area contributed by atoms with E-state index in [9.17, 15) is 9.50 Å². The van der Waals surface area contributed by atoms with Gasteiger partial charge in [0.2, 0.25) is 0 Å². The quantitative estimate of drug-likeness (QED) is 0.902. The topological polar surface area (TPSA) is 23.5 Å². The minimum Gasteiger partial charge on any atom is -0.389 e. The zero-order chi connectivity index (χ0) is 13.9. The van der Waals surface area contributed by atoms with Crippen molar-refractivity contribution in [2.24, 2.45) is 5.92 Å². The van der Waals surface area contributed by atoms with Crippen LogP contribution in [0.25, 0.3) is 0 Å². The van der Waals surface area contributed by atoms with Crippen LogP contribution in [0.3, 0.4) is 0 Å². The Morgan fingerprint density at radius 2 is 2.05 bits per heavy atom. The van der Waals surface area contributed by atoms with Crippen LogP contribution in [-0.4, -0.2) is 36.2 Å². The highest BCUT2D eigenvalue weighted by Crippen LogP contribution is 2.40. The third-order valence-corrected chi connectivity index (χ3v) is 4.30. The summed E-state index contributed by atoms with van der Waals surface area (Å²) in [5.41, 5.74) is -0.0835. The standard InChI is InChI=1S/C16H24FNO.ClH/c1-18(2)11-9-14-7-5-10-16(14,19)12-13-6-3-4-8-15(13)17;/h3-4,6,8,14,19H,5,7,9-12H2,1-2H3;1H. The van der Waals surface area contributed by atoms with E-state index in [2.05, 4.69) is 4.90 Å². The Hall–Kier alpha value is -0.640. The number of benzene rings is 1. The van der Waals surface area contributed by atoms with Gasteiger partial charge in [-0.1, -0.05) is 24.6 Å². The number of aliphatic hydroxyl groups is 1. The molecule has 114 valence electrons. The lowest BCUT2D eigenvalue weighted by Crippen LogP contribution is -2.37. The molecule has 0 bridgehead atoms. The lowest BCUT2D eigenvalue weighted by atomic mass is 9.83. The largest absolute Gasteiger partial charge is 0.389 e. The van der Waals surface area contributed by atoms with Crippen LogP contribution in [0.1, 0.15) is 31.2 Å². The van der Waals surface area contributed by atoms with Crippen molar-refractivity contribution in [2.45, 2.75) is 37.7 Å². The number of nitrogens with zero attached hydrogens (tertiary/aromatic N) is 1. The van der Waals surface area contributed by atoms with E-state index in [0.717, 1.165) is 32.2 Å². The lowest BCUT2D eigenvalue weighted by molar-refractivity contribution is -0.00298. The maximum Gasteiger partial charge on any atom is 0.126 e. The van der Waals surface area contributed by atoms with Gasteiger partial charge in [0.25, 0.3) is 0 Å². The summed E-state index contributed by atoms with van der Waals surface area (Å²) in [5, 5.41) is 10.9. The molecule has 4 heteroatoms. The molecule has 2 nitrogen and oxygen atoms in total. The Morgan fingerprint density at radius 1 is 1.35 bits per heavy atom. The third kappa shape index (κ3) is 4.18. The molecule has 0 aromatic heterocycles. The van der Waals surface area contributed by atoms with Crippen LogP contribution in [0.2, 0.25) is 0 Å². The first-order chi connectivity index (χ1) is 9.01. The molecule has 0 aliphatic heterocycles. The first-order valence-electron chi connectivity index (χ1n) is 7.12. The Kier molecular flexibility index (Phi) is 6.44. The predicted molar refractivity (Wildman–Crippen MR) is 82.8 cm³/mol. The van der Waals surface area contributed by atoms with Gasteiger partial charge in [0.05, 0.1) is 5.60 Å². The smallest absolute Gasteiger partial charge is 0.126 e. The van der Waals surface area contributed by atoms with Crippen LogP contribution in [-0.2, 0) is 6.42 Å². The number of rotatable bonds is 5. The molecule has 2 rings (SSSR count). The highest BCUT2D eigenvalue weighted by atomic mass is 35.5. The van der Waals surface area contributed by atoms with E-state index in [4.69, 9.17) is 0 Å². The molecule has 1 saturated carbocycles. The van der Waals surface area contributed by atoms with Crippen molar-refractivity contribution < 1.29 is 9.50 Å². The number of halogens is 2. The van der Waals surface area contributed by atoms with Crippen molar-refractivity contribution in [2.75, 3.05) is 20.6 Å². The molecule has 2 unspecified atom stereocenters. The highest BCUT2D eigenvalue weighted by molar-refractivity contribution is 5.85. The van der Waals surface area contributed by atoms with Crippen molar-refractivity contribution >= 4 is 12.4 Å². The molecule has 0 amide bonds. The fourth-order valence-corrected chi connectivity index (χ4v) is 3.16. The molecule has 1 fully saturated rings. The van der Waals surface area contributed by atoms with Crippen LogP contribution < -0.4 is 0 Å². The van der Waals surface area contributed by atoms with Crippen molar-refractivity contribution in [3.8, 4) is 0 Å². The zero-order valence-corrected chi connectivity index (χ0v) is 13.1. The minimum atomic E-state index is -0.724. The summed E-state index contributed by atoms with van der Waals surface area (Å²) in [6.07, 6.45) is 4.32. The minimum absolute atomic E-state index is 0. The molecule has 1 N–H and O–H groups in total. The zero-order valence-electron chi connectivity index (χ0n) is 12.3. The van der Waals surface area contributed by atoms with Gasteiger partial charge in [0, 0.05) is 6.42 Å². The highest BCUT2D eigenvalue weighted by Gasteiger charge is 2.41. The van der Waals surface area contributed by atoms with Crippen LogP contribution in [0.5, 0.6) is 0 Å². The van der Waals surface area contributed by atoms with Crippen LogP contribution in [0, 0.1) is 11.7 Å². The summed E-state index contributed by atoms with van der Waals surface area (Å²) in [4.78, 5) is 2.14. The maximum atomic E-state index is 13.7. The van der Waals surface area contributed by atoms with Gasteiger partial charge < -0.3 is 10.0 Å². The van der Waals surface area contributed by atoms with E-state index in [1.165, 1.54) is 6.07 Å². The van der Waals surface area contributed by atoms with Crippen LogP contribution in [0.4, 0.5) is 4.39 Å². The van der Waals surface area contributed by atoms with Gasteiger partial charge in [-0.15, -0.1) is 12.4 Å². The molecule has 1 aromatic rings. The lowest BCUT2D eigenvalue weighted by Gasteiger charge is -2.31. The van der Waals surface area contributed by atoms with Gasteiger partial charge in [-0.25, -0.2) is 4.39 Å². The molecule has 1 aliphatic rings. The van der Waals surface area contributed by atoms with Gasteiger partial charge in [-0.2, -0.15) is 0 Å². The third-order valence-electron chi connectivity index (χ3n) is 4.30. The number of hydrogen-bond acceptors (Lipinski definition) is 2. The fourth-order valence-electron chi connectivity index (χ4n) is 3.16. The van der Waals surface area contributed by atoms with Gasteiger partial charge in [0.15, 0.2) is 0 Å². The summed E-state index contributed by atoms with van der Waals surface area (Å²) in [7, 11) is 4.09. The second kappa shape index (κ2) is 7.39. The van der Waals surface area contributed by atoms with E-state index in [0.29, 0.717) is 12.0 Å². The Balaban J connectivity index is 0.00000200. The fraction of sp³-hybridized carbons (Fsp3) is 0.625. The molecule has 20 heavy (non-hydrogen) atoms. The molecule has 2 atom stereocenters. The molecule has 0 spiro atoms. The Labute approximate surface area is 127 Å². The van der Waals surface area contributed by atoms with Crippen LogP contribution >= 0.6 is 12.4 Å². The van der Waals surface area contributed by atoms with Gasteiger partial charge in [-0.05, 0) is 57.5 Å². The summed E-state index contributed by atoms with van der Waals surface area (Å²) >= 11 is 0. The predicted octanol–water partition coefficient (Wildman–Crippen LogP) is 3.27. The second-order valence-corrected chi connectivity index (χ2v) is 6.05. The molecule has 1 aliphatic carbocycles. The van der Waals surface area contributed by atoms with E-state index in [1.54, 1.807) is 12.1 Å². The van der Waals surface area contributed by atoms with E-state index < -0.39 is 5.60 Å². The van der Waals surface area contributed by atoms with Crippen LogP contribution in [0.15, 0.2) is 24.3 Å². The second-order valence-electron chi connectivity index (χ2n) is 6.05. The summed E-state index contributed by atoms with van der Waals surface area (Å²) in [6.45, 7) is 0.976. The average molecular weight is 302 g/mol. The van der Waals surface area contributed by atoms with Gasteiger partial charge >= 0.3 is 0 Å². The summed E-state index contributed by atoms with van der Waals surface area (Å²) < 4.78 is 13.7. The number of hydrogen-bond donors (Lipinski definition) is 1. The first kappa shape index (κ1) is 17.4. The Morgan fingerprint density at radius 3 is 2.70 bits per heavy atom. The van der Waals surface area contributed by atoms with Crippen molar-refractivity contribution in [1.29, 1.82) is 0 Å². The SMILES string of the molecule is CN(C)CCC1CCCC1(O)Cc1ccccc1F.Cl. The van der Waals surface area contributed by atoms with Crippen molar-refractivity contribution in [3.63, 3.8) is 0 Å². The van der Waals surface area contributed by atoms with Gasteiger partial charge in [-0.3, -0.25) is 0 Å². The molecule has 1 aromatic carbocycles. The van der Waals surface area contributed by atoms with Crippen molar-refractivity contribution in [1.82, 2.24) is 4.90 Å². The van der Waals surface area contributed by atoms with E-state index in [1.807, 2.05) is 20.2 Å². The Bertz CT molecular complexity index is 427. The molecule has 0 heterocycles.